The molecular weight excluding hydrogens is 267 g/mol. The van der Waals surface area contributed by atoms with Gasteiger partial charge in [0.05, 0.1) is 6.54 Å². The summed E-state index contributed by atoms with van der Waals surface area (Å²) in [5.74, 6) is 0.0522. The molecule has 2 aliphatic heterocycles. The van der Waals surface area contributed by atoms with Crippen molar-refractivity contribution >= 4 is 5.91 Å². The van der Waals surface area contributed by atoms with Crippen LogP contribution in [0, 0.1) is 5.82 Å². The lowest BCUT2D eigenvalue weighted by molar-refractivity contribution is -0.133. The molecule has 2 aliphatic rings. The summed E-state index contributed by atoms with van der Waals surface area (Å²) in [5.41, 5.74) is 1.13. The molecule has 114 valence electrons. The summed E-state index contributed by atoms with van der Waals surface area (Å²) in [6.45, 7) is 3.28. The quantitative estimate of drug-likeness (QED) is 0.854. The third-order valence-electron chi connectivity index (χ3n) is 4.67. The average Bonchev–Trinajstić information content (AvgIpc) is 2.97. The van der Waals surface area contributed by atoms with Crippen LogP contribution in [0.3, 0.4) is 0 Å². The van der Waals surface area contributed by atoms with Gasteiger partial charge in [-0.2, -0.15) is 0 Å². The van der Waals surface area contributed by atoms with E-state index < -0.39 is 0 Å². The number of halogens is 1. The molecule has 3 nitrogen and oxygen atoms in total. The lowest BCUT2D eigenvalue weighted by Gasteiger charge is -2.30. The Morgan fingerprint density at radius 1 is 1.05 bits per heavy atom. The van der Waals surface area contributed by atoms with E-state index in [2.05, 4.69) is 4.90 Å². The lowest BCUT2D eigenvalue weighted by atomic mass is 10.0. The van der Waals surface area contributed by atoms with Crippen LogP contribution in [0.4, 0.5) is 4.39 Å². The molecule has 0 N–H and O–H groups in total. The first-order valence-electron chi connectivity index (χ1n) is 8.01. The van der Waals surface area contributed by atoms with Crippen molar-refractivity contribution in [3.05, 3.63) is 35.6 Å². The van der Waals surface area contributed by atoms with Crippen molar-refractivity contribution in [2.45, 2.75) is 38.1 Å². The second-order valence-corrected chi connectivity index (χ2v) is 6.12. The van der Waals surface area contributed by atoms with Gasteiger partial charge in [-0.1, -0.05) is 12.1 Å². The number of likely N-dealkylation sites (tertiary alicyclic amines) is 2. The highest BCUT2D eigenvalue weighted by atomic mass is 19.1. The van der Waals surface area contributed by atoms with E-state index >= 15 is 0 Å². The molecule has 0 bridgehead atoms. The first-order valence-corrected chi connectivity index (χ1v) is 8.01. The average molecular weight is 290 g/mol. The molecule has 1 aromatic carbocycles. The predicted octanol–water partition coefficient (Wildman–Crippen LogP) is 2.98. The first-order chi connectivity index (χ1) is 10.2. The number of piperidine rings is 1. The number of rotatable bonds is 3. The number of nitrogens with zero attached hydrogens (tertiary/aromatic N) is 2. The Hall–Kier alpha value is -1.42. The maximum Gasteiger partial charge on any atom is 0.236 e. The highest BCUT2D eigenvalue weighted by molar-refractivity contribution is 5.78. The normalized spacial score (nSPS) is 23.5. The van der Waals surface area contributed by atoms with Crippen molar-refractivity contribution in [2.24, 2.45) is 0 Å². The number of carbonyl (C=O) groups excluding carboxylic acids is 1. The standard InChI is InChI=1S/C17H23FN2O/c18-15-8-6-14(7-9-15)16-5-4-12-20(16)13-17(21)19-10-2-1-3-11-19/h6-9,16H,1-5,10-13H2. The van der Waals surface area contributed by atoms with E-state index in [4.69, 9.17) is 0 Å². The van der Waals surface area contributed by atoms with Gasteiger partial charge in [-0.15, -0.1) is 0 Å². The van der Waals surface area contributed by atoms with Gasteiger partial charge in [0.2, 0.25) is 5.91 Å². The maximum atomic E-state index is 13.0. The fourth-order valence-electron chi connectivity index (χ4n) is 3.49. The molecule has 2 fully saturated rings. The number of carbonyl (C=O) groups is 1. The molecule has 0 aliphatic carbocycles. The molecule has 2 saturated heterocycles. The Bertz CT molecular complexity index is 482. The summed E-state index contributed by atoms with van der Waals surface area (Å²) in [4.78, 5) is 16.7. The summed E-state index contributed by atoms with van der Waals surface area (Å²) < 4.78 is 13.0. The van der Waals surface area contributed by atoms with Crippen molar-refractivity contribution in [3.8, 4) is 0 Å². The van der Waals surface area contributed by atoms with Gasteiger partial charge in [0.15, 0.2) is 0 Å². The molecular formula is C17H23FN2O. The molecule has 1 unspecified atom stereocenters. The van der Waals surface area contributed by atoms with Gasteiger partial charge in [0.1, 0.15) is 5.82 Å². The van der Waals surface area contributed by atoms with Gasteiger partial charge in [-0.25, -0.2) is 4.39 Å². The molecule has 3 rings (SSSR count). The zero-order valence-electron chi connectivity index (χ0n) is 12.4. The van der Waals surface area contributed by atoms with Gasteiger partial charge in [-0.3, -0.25) is 9.69 Å². The molecule has 0 saturated carbocycles. The predicted molar refractivity (Wildman–Crippen MR) is 80.4 cm³/mol. The summed E-state index contributed by atoms with van der Waals surface area (Å²) in [7, 11) is 0. The van der Waals surface area contributed by atoms with Crippen molar-refractivity contribution in [1.82, 2.24) is 9.80 Å². The van der Waals surface area contributed by atoms with Crippen LogP contribution < -0.4 is 0 Å². The Kier molecular flexibility index (Phi) is 4.54. The van der Waals surface area contributed by atoms with E-state index in [1.165, 1.54) is 18.6 Å². The molecule has 0 aromatic heterocycles. The minimum atomic E-state index is -0.201. The second-order valence-electron chi connectivity index (χ2n) is 6.12. The van der Waals surface area contributed by atoms with E-state index in [0.717, 1.165) is 50.9 Å². The molecule has 4 heteroatoms. The molecule has 1 amide bonds. The summed E-state index contributed by atoms with van der Waals surface area (Å²) >= 11 is 0. The van der Waals surface area contributed by atoms with Crippen LogP contribution in [0.5, 0.6) is 0 Å². The van der Waals surface area contributed by atoms with Crippen LogP contribution in [-0.4, -0.2) is 41.9 Å². The highest BCUT2D eigenvalue weighted by Crippen LogP contribution is 2.31. The fourth-order valence-corrected chi connectivity index (χ4v) is 3.49. The molecule has 1 atom stereocenters. The van der Waals surface area contributed by atoms with E-state index in [-0.39, 0.29) is 17.8 Å². The van der Waals surface area contributed by atoms with Crippen molar-refractivity contribution in [3.63, 3.8) is 0 Å². The van der Waals surface area contributed by atoms with Crippen LogP contribution in [-0.2, 0) is 4.79 Å². The number of hydrogen-bond donors (Lipinski definition) is 0. The van der Waals surface area contributed by atoms with Crippen LogP contribution in [0.15, 0.2) is 24.3 Å². The lowest BCUT2D eigenvalue weighted by Crippen LogP contribution is -2.42. The van der Waals surface area contributed by atoms with E-state index in [0.29, 0.717) is 6.54 Å². The van der Waals surface area contributed by atoms with Gasteiger partial charge in [0.25, 0.3) is 0 Å². The largest absolute Gasteiger partial charge is 0.342 e. The SMILES string of the molecule is O=C(CN1CCCC1c1ccc(F)cc1)N1CCCCC1. The molecule has 1 aromatic rings. The molecule has 0 radical (unpaired) electrons. The first kappa shape index (κ1) is 14.5. The van der Waals surface area contributed by atoms with Crippen LogP contribution in [0.1, 0.15) is 43.7 Å². The number of amides is 1. The van der Waals surface area contributed by atoms with E-state index in [9.17, 15) is 9.18 Å². The third-order valence-corrected chi connectivity index (χ3v) is 4.67. The summed E-state index contributed by atoms with van der Waals surface area (Å²) in [6, 6.07) is 6.99. The zero-order chi connectivity index (χ0) is 14.7. The number of hydrogen-bond acceptors (Lipinski definition) is 2. The van der Waals surface area contributed by atoms with E-state index in [1.54, 1.807) is 0 Å². The Labute approximate surface area is 125 Å². The Morgan fingerprint density at radius 2 is 1.76 bits per heavy atom. The van der Waals surface area contributed by atoms with Crippen molar-refractivity contribution in [1.29, 1.82) is 0 Å². The second kappa shape index (κ2) is 6.56. The molecule has 0 spiro atoms. The smallest absolute Gasteiger partial charge is 0.236 e. The minimum absolute atomic E-state index is 0.201. The van der Waals surface area contributed by atoms with Crippen molar-refractivity contribution < 1.29 is 9.18 Å². The van der Waals surface area contributed by atoms with Crippen LogP contribution >= 0.6 is 0 Å². The monoisotopic (exact) mass is 290 g/mol. The van der Waals surface area contributed by atoms with E-state index in [1.807, 2.05) is 17.0 Å². The number of benzene rings is 1. The summed E-state index contributed by atoms with van der Waals surface area (Å²) in [6.07, 6.45) is 5.67. The van der Waals surface area contributed by atoms with Gasteiger partial charge < -0.3 is 4.90 Å². The fraction of sp³-hybridized carbons (Fsp3) is 0.588. The van der Waals surface area contributed by atoms with Gasteiger partial charge in [0, 0.05) is 19.1 Å². The zero-order valence-corrected chi connectivity index (χ0v) is 12.4. The molecule has 2 heterocycles. The van der Waals surface area contributed by atoms with Crippen LogP contribution in [0.2, 0.25) is 0 Å². The molecule has 21 heavy (non-hydrogen) atoms. The van der Waals surface area contributed by atoms with Crippen LogP contribution in [0.25, 0.3) is 0 Å². The maximum absolute atomic E-state index is 13.0. The van der Waals surface area contributed by atoms with Gasteiger partial charge in [-0.05, 0) is 56.3 Å². The van der Waals surface area contributed by atoms with Gasteiger partial charge >= 0.3 is 0 Å². The minimum Gasteiger partial charge on any atom is -0.342 e. The Morgan fingerprint density at radius 3 is 2.48 bits per heavy atom. The Balaban J connectivity index is 1.63. The topological polar surface area (TPSA) is 23.6 Å². The summed E-state index contributed by atoms with van der Waals surface area (Å²) in [5, 5.41) is 0. The highest BCUT2D eigenvalue weighted by Gasteiger charge is 2.29. The third kappa shape index (κ3) is 3.43. The van der Waals surface area contributed by atoms with Crippen molar-refractivity contribution in [2.75, 3.05) is 26.2 Å².